The van der Waals surface area contributed by atoms with Crippen molar-refractivity contribution in [3.63, 3.8) is 0 Å². The molecule has 5 nitrogen and oxygen atoms in total. The van der Waals surface area contributed by atoms with Crippen molar-refractivity contribution in [3.05, 3.63) is 29.8 Å². The molecule has 4 saturated heterocycles. The molecule has 5 heteroatoms. The quantitative estimate of drug-likeness (QED) is 0.830. The number of aliphatic hydroxyl groups is 1. The smallest absolute Gasteiger partial charge is 0.302 e. The summed E-state index contributed by atoms with van der Waals surface area (Å²) in [4.78, 5) is 19.4. The van der Waals surface area contributed by atoms with Crippen LogP contribution in [-0.2, 0) is 14.9 Å². The van der Waals surface area contributed by atoms with Crippen LogP contribution in [-0.4, -0.2) is 46.1 Å². The topological polar surface area (TPSA) is 62.1 Å². The Balaban J connectivity index is 1.60. The van der Waals surface area contributed by atoms with Crippen molar-refractivity contribution >= 4 is 17.4 Å². The number of rotatable bonds is 2. The predicted octanol–water partition coefficient (Wildman–Crippen LogP) is 2.39. The highest BCUT2D eigenvalue weighted by atomic mass is 16.5. The lowest BCUT2D eigenvalue weighted by Gasteiger charge is -2.60. The number of hydrogen-bond donors (Lipinski definition) is 1. The van der Waals surface area contributed by atoms with Gasteiger partial charge in [-0.15, -0.1) is 0 Å². The molecule has 26 heavy (non-hydrogen) atoms. The summed E-state index contributed by atoms with van der Waals surface area (Å²) >= 11 is 0. The van der Waals surface area contributed by atoms with Crippen molar-refractivity contribution in [2.24, 2.45) is 22.7 Å². The average molecular weight is 352 g/mol. The Labute approximate surface area is 153 Å². The zero-order valence-corrected chi connectivity index (χ0v) is 15.1. The highest BCUT2D eigenvalue weighted by molar-refractivity contribution is 6.07. The zero-order chi connectivity index (χ0) is 17.8. The van der Waals surface area contributed by atoms with Gasteiger partial charge in [0.05, 0.1) is 22.9 Å². The second-order valence-corrected chi connectivity index (χ2v) is 8.71. The van der Waals surface area contributed by atoms with E-state index < -0.39 is 6.23 Å². The van der Waals surface area contributed by atoms with Crippen molar-refractivity contribution < 1.29 is 14.6 Å². The molecular weight excluding hydrogens is 328 g/mol. The van der Waals surface area contributed by atoms with Crippen LogP contribution in [0.1, 0.15) is 38.7 Å². The number of piperidine rings is 4. The van der Waals surface area contributed by atoms with Crippen LogP contribution < -0.4 is 0 Å². The van der Waals surface area contributed by atoms with Gasteiger partial charge in [-0.05, 0) is 36.8 Å². The van der Waals surface area contributed by atoms with Gasteiger partial charge in [-0.2, -0.15) is 0 Å². The van der Waals surface area contributed by atoms with Gasteiger partial charge < -0.3 is 9.84 Å². The van der Waals surface area contributed by atoms with Crippen LogP contribution in [0.2, 0.25) is 0 Å². The van der Waals surface area contributed by atoms with Gasteiger partial charge in [-0.25, -0.2) is 0 Å². The van der Waals surface area contributed by atoms with E-state index in [1.54, 1.807) is 0 Å². The van der Waals surface area contributed by atoms with Crippen molar-refractivity contribution in [1.82, 2.24) is 4.90 Å². The minimum Gasteiger partial charge on any atom is -0.461 e. The fourth-order valence-electron chi connectivity index (χ4n) is 7.30. The number of esters is 1. The number of benzene rings is 1. The molecule has 5 heterocycles. The van der Waals surface area contributed by atoms with Crippen molar-refractivity contribution in [2.75, 3.05) is 0 Å². The minimum absolute atomic E-state index is 0.158. The molecule has 6 aliphatic rings. The van der Waals surface area contributed by atoms with E-state index in [1.165, 1.54) is 12.5 Å². The molecule has 5 fully saturated rings. The van der Waals surface area contributed by atoms with Gasteiger partial charge in [0.15, 0.2) is 0 Å². The van der Waals surface area contributed by atoms with Crippen LogP contribution in [0.5, 0.6) is 0 Å². The van der Waals surface area contributed by atoms with Crippen LogP contribution in [0.4, 0.5) is 5.69 Å². The number of hydrogen-bond acceptors (Lipinski definition) is 5. The number of aliphatic hydroxyl groups excluding tert-OH is 1. The molecule has 1 aromatic rings. The van der Waals surface area contributed by atoms with Gasteiger partial charge in [0, 0.05) is 24.8 Å². The van der Waals surface area contributed by atoms with Gasteiger partial charge in [0.2, 0.25) is 0 Å². The molecule has 0 amide bonds. The Morgan fingerprint density at radius 2 is 2.23 bits per heavy atom. The molecule has 1 aromatic carbocycles. The van der Waals surface area contributed by atoms with Gasteiger partial charge >= 0.3 is 5.97 Å². The molecule has 1 spiro atoms. The van der Waals surface area contributed by atoms with E-state index in [2.05, 4.69) is 30.0 Å². The molecule has 0 radical (unpaired) electrons. The predicted molar refractivity (Wildman–Crippen MR) is 96.2 cm³/mol. The Hall–Kier alpha value is -1.72. The maximum absolute atomic E-state index is 12.1. The third-order valence-corrected chi connectivity index (χ3v) is 7.94. The number of carbonyl (C=O) groups excluding carboxylic acids is 1. The Morgan fingerprint density at radius 1 is 1.42 bits per heavy atom. The third-order valence-electron chi connectivity index (χ3n) is 7.94. The summed E-state index contributed by atoms with van der Waals surface area (Å²) in [7, 11) is 0. The van der Waals surface area contributed by atoms with Crippen LogP contribution in [0, 0.1) is 17.8 Å². The van der Waals surface area contributed by atoms with E-state index in [0.29, 0.717) is 11.8 Å². The number of aliphatic imine (C=N–C) groups is 1. The summed E-state index contributed by atoms with van der Waals surface area (Å²) in [6, 6.07) is 8.79. The Kier molecular flexibility index (Phi) is 2.81. The van der Waals surface area contributed by atoms with E-state index in [0.717, 1.165) is 30.7 Å². The lowest BCUT2D eigenvalue weighted by atomic mass is 9.63. The van der Waals surface area contributed by atoms with Gasteiger partial charge in [0.1, 0.15) is 12.3 Å². The van der Waals surface area contributed by atoms with Crippen molar-refractivity contribution in [3.8, 4) is 0 Å². The van der Waals surface area contributed by atoms with E-state index in [4.69, 9.17) is 9.73 Å². The fourth-order valence-corrected chi connectivity index (χ4v) is 7.30. The SMILES string of the molecule is CC[C@H]1[C@@H]2C[C@H]3C4=Nc5ccccc5[C@]45C[C@@H](C2[C@H]5OC(C)=O)N3[C@@H]1O. The molecule has 1 N–H and O–H groups in total. The van der Waals surface area contributed by atoms with Crippen LogP contribution >= 0.6 is 0 Å². The van der Waals surface area contributed by atoms with Gasteiger partial charge in [-0.1, -0.05) is 25.1 Å². The summed E-state index contributed by atoms with van der Waals surface area (Å²) in [5, 5.41) is 11.1. The average Bonchev–Trinajstić information content (AvgIpc) is 3.08. The number of para-hydroxylation sites is 1. The van der Waals surface area contributed by atoms with E-state index >= 15 is 0 Å². The molecule has 5 aliphatic heterocycles. The normalized spacial score (nSPS) is 49.0. The maximum atomic E-state index is 12.1. The molecule has 5 bridgehead atoms. The number of ether oxygens (including phenoxy) is 1. The molecule has 136 valence electrons. The molecule has 9 atom stereocenters. The lowest BCUT2D eigenvalue weighted by Crippen LogP contribution is -2.70. The van der Waals surface area contributed by atoms with Gasteiger partial charge in [0.25, 0.3) is 0 Å². The molecular formula is C21H24N2O3. The number of fused-ring (bicyclic) bond motifs is 2. The maximum Gasteiger partial charge on any atom is 0.302 e. The van der Waals surface area contributed by atoms with E-state index in [9.17, 15) is 9.90 Å². The molecule has 1 aliphatic carbocycles. The second kappa shape index (κ2) is 4.76. The third kappa shape index (κ3) is 1.49. The van der Waals surface area contributed by atoms with E-state index in [-0.39, 0.29) is 35.5 Å². The first-order valence-electron chi connectivity index (χ1n) is 9.89. The largest absolute Gasteiger partial charge is 0.461 e. The highest BCUT2D eigenvalue weighted by Crippen LogP contribution is 2.67. The molecule has 0 aromatic heterocycles. The summed E-state index contributed by atoms with van der Waals surface area (Å²) in [6.07, 6.45) is 2.34. The lowest BCUT2D eigenvalue weighted by molar-refractivity contribution is -0.199. The first kappa shape index (κ1) is 15.3. The van der Waals surface area contributed by atoms with Crippen LogP contribution in [0.25, 0.3) is 0 Å². The first-order valence-corrected chi connectivity index (χ1v) is 9.89. The van der Waals surface area contributed by atoms with Crippen molar-refractivity contribution in [2.45, 2.75) is 62.9 Å². The second-order valence-electron chi connectivity index (χ2n) is 8.71. The Morgan fingerprint density at radius 3 is 3.00 bits per heavy atom. The fraction of sp³-hybridized carbons (Fsp3) is 0.619. The molecule has 1 saturated carbocycles. The monoisotopic (exact) mass is 352 g/mol. The first-order chi connectivity index (χ1) is 12.6. The Bertz CT molecular complexity index is 851. The highest BCUT2D eigenvalue weighted by Gasteiger charge is 2.75. The minimum atomic E-state index is -0.398. The van der Waals surface area contributed by atoms with Crippen molar-refractivity contribution in [1.29, 1.82) is 0 Å². The number of carbonyl (C=O) groups is 1. The summed E-state index contributed by atoms with van der Waals surface area (Å²) in [6.45, 7) is 3.69. The summed E-state index contributed by atoms with van der Waals surface area (Å²) in [5.74, 6) is 0.750. The van der Waals surface area contributed by atoms with E-state index in [1.807, 2.05) is 6.07 Å². The molecule has 7 rings (SSSR count). The van der Waals surface area contributed by atoms with Crippen LogP contribution in [0.3, 0.4) is 0 Å². The molecule has 2 unspecified atom stereocenters. The summed E-state index contributed by atoms with van der Waals surface area (Å²) < 4.78 is 6.07. The standard InChI is InChI=1S/C21H24N2O3/c1-3-11-12-8-15-18-21(13-6-4-5-7-14(13)22-18)9-16(23(15)20(11)25)17(12)19(21)26-10(2)24/h4-7,11-12,15-17,19-20,25H,3,8-9H2,1-2H3/t11-,12-,15-,16-,17?,19+,20+,21+/m0/s1. The summed E-state index contributed by atoms with van der Waals surface area (Å²) in [5.41, 5.74) is 3.10. The van der Waals surface area contributed by atoms with Crippen LogP contribution in [0.15, 0.2) is 29.3 Å². The van der Waals surface area contributed by atoms with Gasteiger partial charge in [-0.3, -0.25) is 14.7 Å². The number of nitrogens with zero attached hydrogens (tertiary/aromatic N) is 2. The zero-order valence-electron chi connectivity index (χ0n) is 15.1.